The third-order valence-corrected chi connectivity index (χ3v) is 5.02. The maximum absolute atomic E-state index is 12.4. The molecule has 0 aliphatic carbocycles. The van der Waals surface area contributed by atoms with Gasteiger partial charge in [0.05, 0.1) is 12.8 Å². The van der Waals surface area contributed by atoms with Crippen LogP contribution >= 0.6 is 11.6 Å². The van der Waals surface area contributed by atoms with E-state index in [4.69, 9.17) is 16.0 Å². The van der Waals surface area contributed by atoms with Crippen LogP contribution in [0.2, 0.25) is 5.02 Å². The Hall–Kier alpha value is -2.99. The summed E-state index contributed by atoms with van der Waals surface area (Å²) in [6.45, 7) is 3.77. The molecule has 0 bridgehead atoms. The summed E-state index contributed by atoms with van der Waals surface area (Å²) >= 11 is 6.10. The molecule has 1 saturated heterocycles. The summed E-state index contributed by atoms with van der Waals surface area (Å²) in [5, 5.41) is 3.61. The van der Waals surface area contributed by atoms with Crippen molar-refractivity contribution in [3.05, 3.63) is 77.3 Å². The second-order valence-electron chi connectivity index (χ2n) is 6.62. The van der Waals surface area contributed by atoms with Gasteiger partial charge in [-0.15, -0.1) is 0 Å². The molecule has 0 unspecified atom stereocenters. The van der Waals surface area contributed by atoms with Gasteiger partial charge < -0.3 is 19.5 Å². The zero-order chi connectivity index (χ0) is 19.3. The Labute approximate surface area is 168 Å². The summed E-state index contributed by atoms with van der Waals surface area (Å²) in [6.07, 6.45) is 3.27. The van der Waals surface area contributed by atoms with Crippen molar-refractivity contribution in [1.29, 1.82) is 0 Å². The molecule has 4 rings (SSSR count). The van der Waals surface area contributed by atoms with Crippen LogP contribution in [0, 0.1) is 0 Å². The first-order chi connectivity index (χ1) is 13.7. The molecule has 1 fully saturated rings. The highest BCUT2D eigenvalue weighted by molar-refractivity contribution is 6.30. The van der Waals surface area contributed by atoms with Crippen molar-refractivity contribution in [1.82, 2.24) is 10.3 Å². The van der Waals surface area contributed by atoms with E-state index in [2.05, 4.69) is 26.2 Å². The minimum atomic E-state index is -0.141. The zero-order valence-corrected chi connectivity index (χ0v) is 16.1. The molecule has 0 spiro atoms. The Morgan fingerprint density at radius 1 is 1.07 bits per heavy atom. The first-order valence-electron chi connectivity index (χ1n) is 9.21. The Bertz CT molecular complexity index is 937. The number of pyridine rings is 1. The van der Waals surface area contributed by atoms with Gasteiger partial charge in [-0.05, 0) is 42.5 Å². The van der Waals surface area contributed by atoms with Crippen molar-refractivity contribution in [2.45, 2.75) is 6.54 Å². The van der Waals surface area contributed by atoms with E-state index >= 15 is 0 Å². The molecule has 28 heavy (non-hydrogen) atoms. The fraction of sp³-hybridized carbons (Fsp3) is 0.238. The van der Waals surface area contributed by atoms with Crippen LogP contribution in [0.1, 0.15) is 16.1 Å². The van der Waals surface area contributed by atoms with Gasteiger partial charge in [0.25, 0.3) is 5.91 Å². The van der Waals surface area contributed by atoms with E-state index in [1.54, 1.807) is 24.6 Å². The minimum Gasteiger partial charge on any atom is -0.467 e. The molecule has 144 valence electrons. The van der Waals surface area contributed by atoms with Crippen molar-refractivity contribution < 1.29 is 9.21 Å². The molecule has 7 heteroatoms. The number of nitrogens with zero attached hydrogens (tertiary/aromatic N) is 3. The molecule has 6 nitrogen and oxygen atoms in total. The van der Waals surface area contributed by atoms with Crippen molar-refractivity contribution in [3.63, 3.8) is 0 Å². The van der Waals surface area contributed by atoms with Crippen LogP contribution in [-0.2, 0) is 6.54 Å². The van der Waals surface area contributed by atoms with Gasteiger partial charge in [0.15, 0.2) is 0 Å². The predicted octanol–water partition coefficient (Wildman–Crippen LogP) is 3.58. The van der Waals surface area contributed by atoms with Crippen LogP contribution in [-0.4, -0.2) is 37.1 Å². The lowest BCUT2D eigenvalue weighted by atomic mass is 10.2. The third-order valence-electron chi connectivity index (χ3n) is 4.79. The lowest BCUT2D eigenvalue weighted by Crippen LogP contribution is -2.46. The summed E-state index contributed by atoms with van der Waals surface area (Å²) < 4.78 is 5.24. The number of anilines is 2. The maximum atomic E-state index is 12.4. The number of hydrogen-bond acceptors (Lipinski definition) is 5. The number of carbonyl (C=O) groups excluding carboxylic acids is 1. The molecule has 1 N–H and O–H groups in total. The molecule has 0 radical (unpaired) electrons. The molecular weight excluding hydrogens is 376 g/mol. The highest BCUT2D eigenvalue weighted by Crippen LogP contribution is 2.22. The van der Waals surface area contributed by atoms with Crippen molar-refractivity contribution in [2.75, 3.05) is 36.0 Å². The van der Waals surface area contributed by atoms with Crippen LogP contribution in [0.4, 0.5) is 11.5 Å². The predicted molar refractivity (Wildman–Crippen MR) is 110 cm³/mol. The van der Waals surface area contributed by atoms with Gasteiger partial charge in [0.2, 0.25) is 0 Å². The highest BCUT2D eigenvalue weighted by atomic mass is 35.5. The highest BCUT2D eigenvalue weighted by Gasteiger charge is 2.19. The van der Waals surface area contributed by atoms with Gasteiger partial charge >= 0.3 is 0 Å². The van der Waals surface area contributed by atoms with Crippen molar-refractivity contribution in [3.8, 4) is 0 Å². The zero-order valence-electron chi connectivity index (χ0n) is 15.3. The van der Waals surface area contributed by atoms with Crippen LogP contribution in [0.15, 0.2) is 65.4 Å². The summed E-state index contributed by atoms with van der Waals surface area (Å²) in [4.78, 5) is 21.4. The largest absolute Gasteiger partial charge is 0.467 e. The molecule has 1 aliphatic rings. The average Bonchev–Trinajstić information content (AvgIpc) is 3.26. The van der Waals surface area contributed by atoms with Gasteiger partial charge in [-0.1, -0.05) is 17.7 Å². The number of aromatic nitrogens is 1. The molecular formula is C21H21ClN4O2. The Kier molecular flexibility index (Phi) is 5.48. The number of piperazine rings is 1. The van der Waals surface area contributed by atoms with Crippen molar-refractivity contribution in [2.24, 2.45) is 0 Å². The monoisotopic (exact) mass is 396 g/mol. The number of amides is 1. The molecule has 1 aromatic carbocycles. The standard InChI is InChI=1S/C21H21ClN4O2/c22-17-3-1-4-18(14-17)25-8-10-26(11-9-25)20-13-16(6-7-23-20)21(27)24-15-19-5-2-12-28-19/h1-7,12-14H,8-11,15H2,(H,24,27). The number of benzene rings is 1. The van der Waals surface area contributed by atoms with Crippen LogP contribution < -0.4 is 15.1 Å². The van der Waals surface area contributed by atoms with E-state index in [1.165, 1.54) is 0 Å². The van der Waals surface area contributed by atoms with Crippen molar-refractivity contribution >= 4 is 29.0 Å². The summed E-state index contributed by atoms with van der Waals surface area (Å²) in [5.74, 6) is 1.40. The Morgan fingerprint density at radius 3 is 2.64 bits per heavy atom. The van der Waals surface area contributed by atoms with E-state index in [1.807, 2.05) is 30.3 Å². The number of carbonyl (C=O) groups is 1. The Balaban J connectivity index is 1.37. The third kappa shape index (κ3) is 4.28. The fourth-order valence-corrected chi connectivity index (χ4v) is 3.47. The Morgan fingerprint density at radius 2 is 1.89 bits per heavy atom. The van der Waals surface area contributed by atoms with Crippen LogP contribution in [0.25, 0.3) is 0 Å². The molecule has 3 heterocycles. The number of nitrogens with one attached hydrogen (secondary N) is 1. The lowest BCUT2D eigenvalue weighted by molar-refractivity contribution is 0.0948. The normalized spacial score (nSPS) is 14.2. The molecule has 3 aromatic rings. The van der Waals surface area contributed by atoms with Gasteiger partial charge in [-0.3, -0.25) is 4.79 Å². The average molecular weight is 397 g/mol. The second-order valence-corrected chi connectivity index (χ2v) is 7.06. The van der Waals surface area contributed by atoms with E-state index in [9.17, 15) is 4.79 Å². The van der Waals surface area contributed by atoms with Gasteiger partial charge in [0, 0.05) is 48.6 Å². The quantitative estimate of drug-likeness (QED) is 0.714. The second kappa shape index (κ2) is 8.35. The molecule has 1 aliphatic heterocycles. The summed E-state index contributed by atoms with van der Waals surface area (Å²) in [7, 11) is 0. The van der Waals surface area contributed by atoms with Gasteiger partial charge in [-0.2, -0.15) is 0 Å². The van der Waals surface area contributed by atoms with E-state index in [-0.39, 0.29) is 5.91 Å². The van der Waals surface area contributed by atoms with Crippen LogP contribution in [0.3, 0.4) is 0 Å². The SMILES string of the molecule is O=C(NCc1ccco1)c1ccnc(N2CCN(c3cccc(Cl)c3)CC2)c1. The van der Waals surface area contributed by atoms with Crippen LogP contribution in [0.5, 0.6) is 0 Å². The number of halogens is 1. The van der Waals surface area contributed by atoms with Gasteiger partial charge in [0.1, 0.15) is 11.6 Å². The maximum Gasteiger partial charge on any atom is 0.251 e. The summed E-state index contributed by atoms with van der Waals surface area (Å²) in [6, 6.07) is 15.1. The summed E-state index contributed by atoms with van der Waals surface area (Å²) in [5.41, 5.74) is 1.72. The molecule has 1 amide bonds. The first-order valence-corrected chi connectivity index (χ1v) is 9.59. The minimum absolute atomic E-state index is 0.141. The smallest absolute Gasteiger partial charge is 0.251 e. The number of rotatable bonds is 5. The molecule has 0 saturated carbocycles. The molecule has 2 aromatic heterocycles. The van der Waals surface area contributed by atoms with E-state index < -0.39 is 0 Å². The number of furan rings is 1. The first kappa shape index (κ1) is 18.4. The van der Waals surface area contributed by atoms with Gasteiger partial charge in [-0.25, -0.2) is 4.98 Å². The van der Waals surface area contributed by atoms with E-state index in [0.717, 1.165) is 48.5 Å². The van der Waals surface area contributed by atoms with E-state index in [0.29, 0.717) is 12.1 Å². The molecule has 0 atom stereocenters. The lowest BCUT2D eigenvalue weighted by Gasteiger charge is -2.36. The topological polar surface area (TPSA) is 61.6 Å². The fourth-order valence-electron chi connectivity index (χ4n) is 3.28. The number of hydrogen-bond donors (Lipinski definition) is 1.